The summed E-state index contributed by atoms with van der Waals surface area (Å²) in [5.41, 5.74) is 5.37. The van der Waals surface area contributed by atoms with Gasteiger partial charge in [0, 0.05) is 7.11 Å². The second-order valence-electron chi connectivity index (χ2n) is 2.29. The van der Waals surface area contributed by atoms with Crippen molar-refractivity contribution in [3.63, 3.8) is 0 Å². The zero-order valence-corrected chi connectivity index (χ0v) is 5.87. The number of carbonyl (C=O) groups excluding carboxylic acids is 1. The molecule has 1 aliphatic heterocycles. The van der Waals surface area contributed by atoms with E-state index in [-0.39, 0.29) is 5.78 Å². The molecule has 0 bridgehead atoms. The van der Waals surface area contributed by atoms with E-state index in [1.807, 2.05) is 0 Å². The Bertz CT molecular complexity index is 135. The smallest absolute Gasteiger partial charge is 0.182 e. The Balaban J connectivity index is 2.41. The molecule has 0 amide bonds. The SMILES string of the molecule is COCC1OCC(N)C1=O. The van der Waals surface area contributed by atoms with E-state index >= 15 is 0 Å². The lowest BCUT2D eigenvalue weighted by atomic mass is 10.2. The number of rotatable bonds is 2. The molecule has 0 spiro atoms. The predicted molar refractivity (Wildman–Crippen MR) is 34.6 cm³/mol. The van der Waals surface area contributed by atoms with Crippen molar-refractivity contribution in [1.29, 1.82) is 0 Å². The molecule has 10 heavy (non-hydrogen) atoms. The third-order valence-corrected chi connectivity index (χ3v) is 1.48. The highest BCUT2D eigenvalue weighted by molar-refractivity contribution is 5.89. The highest BCUT2D eigenvalue weighted by Crippen LogP contribution is 2.06. The number of nitrogens with two attached hydrogens (primary N) is 1. The van der Waals surface area contributed by atoms with E-state index in [2.05, 4.69) is 0 Å². The van der Waals surface area contributed by atoms with Gasteiger partial charge in [-0.05, 0) is 0 Å². The van der Waals surface area contributed by atoms with Crippen LogP contribution in [0.5, 0.6) is 0 Å². The number of methoxy groups -OCH3 is 1. The summed E-state index contributed by atoms with van der Waals surface area (Å²) >= 11 is 0. The van der Waals surface area contributed by atoms with Crippen LogP contribution in [0.4, 0.5) is 0 Å². The summed E-state index contributed by atoms with van der Waals surface area (Å²) in [7, 11) is 1.53. The third-order valence-electron chi connectivity index (χ3n) is 1.48. The van der Waals surface area contributed by atoms with E-state index in [1.54, 1.807) is 0 Å². The highest BCUT2D eigenvalue weighted by Gasteiger charge is 2.32. The van der Waals surface area contributed by atoms with Gasteiger partial charge in [0.15, 0.2) is 5.78 Å². The summed E-state index contributed by atoms with van der Waals surface area (Å²) in [6.45, 7) is 0.638. The minimum Gasteiger partial charge on any atom is -0.382 e. The van der Waals surface area contributed by atoms with Crippen LogP contribution in [0.1, 0.15) is 0 Å². The highest BCUT2D eigenvalue weighted by atomic mass is 16.5. The Morgan fingerprint density at radius 2 is 2.60 bits per heavy atom. The van der Waals surface area contributed by atoms with Gasteiger partial charge in [0.25, 0.3) is 0 Å². The van der Waals surface area contributed by atoms with Crippen LogP contribution in [0, 0.1) is 0 Å². The summed E-state index contributed by atoms with van der Waals surface area (Å²) in [4.78, 5) is 11.0. The van der Waals surface area contributed by atoms with Gasteiger partial charge in [-0.3, -0.25) is 4.79 Å². The van der Waals surface area contributed by atoms with E-state index in [0.717, 1.165) is 0 Å². The minimum atomic E-state index is -0.444. The maximum absolute atomic E-state index is 11.0. The quantitative estimate of drug-likeness (QED) is 0.537. The first-order chi connectivity index (χ1) is 4.75. The minimum absolute atomic E-state index is 0.0538. The molecule has 58 valence electrons. The lowest BCUT2D eigenvalue weighted by Gasteiger charge is -2.04. The molecule has 0 aliphatic carbocycles. The largest absolute Gasteiger partial charge is 0.382 e. The van der Waals surface area contributed by atoms with Crippen LogP contribution in [0.3, 0.4) is 0 Å². The van der Waals surface area contributed by atoms with Crippen molar-refractivity contribution in [2.24, 2.45) is 5.73 Å². The van der Waals surface area contributed by atoms with Crippen molar-refractivity contribution >= 4 is 5.78 Å². The fourth-order valence-electron chi connectivity index (χ4n) is 0.904. The second-order valence-corrected chi connectivity index (χ2v) is 2.29. The van der Waals surface area contributed by atoms with Crippen LogP contribution >= 0.6 is 0 Å². The van der Waals surface area contributed by atoms with Crippen molar-refractivity contribution in [3.05, 3.63) is 0 Å². The molecule has 0 radical (unpaired) electrons. The third kappa shape index (κ3) is 1.34. The van der Waals surface area contributed by atoms with Crippen molar-refractivity contribution in [2.45, 2.75) is 12.1 Å². The van der Waals surface area contributed by atoms with Gasteiger partial charge in [0.05, 0.1) is 19.3 Å². The van der Waals surface area contributed by atoms with Gasteiger partial charge in [-0.25, -0.2) is 0 Å². The molecule has 0 aromatic carbocycles. The maximum Gasteiger partial charge on any atom is 0.182 e. The van der Waals surface area contributed by atoms with Gasteiger partial charge in [0.2, 0.25) is 0 Å². The molecule has 2 atom stereocenters. The summed E-state index contributed by atoms with van der Waals surface area (Å²) in [6.07, 6.45) is -0.431. The van der Waals surface area contributed by atoms with Gasteiger partial charge in [-0.1, -0.05) is 0 Å². The van der Waals surface area contributed by atoms with E-state index in [1.165, 1.54) is 7.11 Å². The fourth-order valence-corrected chi connectivity index (χ4v) is 0.904. The molecule has 0 aromatic rings. The topological polar surface area (TPSA) is 61.6 Å². The Hall–Kier alpha value is -0.450. The van der Waals surface area contributed by atoms with E-state index in [0.29, 0.717) is 13.2 Å². The Kier molecular flexibility index (Phi) is 2.37. The molecule has 1 aliphatic rings. The molecule has 0 saturated carbocycles. The lowest BCUT2D eigenvalue weighted by molar-refractivity contribution is -0.125. The molecule has 2 N–H and O–H groups in total. The van der Waals surface area contributed by atoms with Crippen LogP contribution in [0.25, 0.3) is 0 Å². The average Bonchev–Trinajstić information content (AvgIpc) is 2.20. The number of carbonyl (C=O) groups is 1. The Morgan fingerprint density at radius 3 is 3.00 bits per heavy atom. The first-order valence-electron chi connectivity index (χ1n) is 3.15. The molecule has 4 heteroatoms. The number of Topliss-reactive ketones (excluding diaryl/α,β-unsaturated/α-hetero) is 1. The molecule has 1 rings (SSSR count). The van der Waals surface area contributed by atoms with Crippen molar-refractivity contribution in [2.75, 3.05) is 20.3 Å². The van der Waals surface area contributed by atoms with Crippen LogP contribution in [-0.4, -0.2) is 38.3 Å². The molecular weight excluding hydrogens is 134 g/mol. The van der Waals surface area contributed by atoms with E-state index < -0.39 is 12.1 Å². The predicted octanol–water partition coefficient (Wildman–Crippen LogP) is -1.07. The van der Waals surface area contributed by atoms with E-state index in [4.69, 9.17) is 15.2 Å². The first-order valence-corrected chi connectivity index (χ1v) is 3.15. The molecule has 4 nitrogen and oxygen atoms in total. The van der Waals surface area contributed by atoms with Crippen LogP contribution < -0.4 is 5.73 Å². The molecular formula is C6H11NO3. The first kappa shape index (κ1) is 7.65. The number of ketones is 1. The maximum atomic E-state index is 11.0. The molecule has 0 aromatic heterocycles. The van der Waals surface area contributed by atoms with Crippen LogP contribution in [-0.2, 0) is 14.3 Å². The summed E-state index contributed by atoms with van der Waals surface area (Å²) in [6, 6.07) is -0.444. The van der Waals surface area contributed by atoms with Gasteiger partial charge in [-0.2, -0.15) is 0 Å². The fraction of sp³-hybridized carbons (Fsp3) is 0.833. The van der Waals surface area contributed by atoms with Crippen molar-refractivity contribution < 1.29 is 14.3 Å². The number of hydrogen-bond acceptors (Lipinski definition) is 4. The van der Waals surface area contributed by atoms with Crippen LogP contribution in [0.15, 0.2) is 0 Å². The zero-order chi connectivity index (χ0) is 7.56. The van der Waals surface area contributed by atoms with Crippen molar-refractivity contribution in [3.8, 4) is 0 Å². The summed E-state index contributed by atoms with van der Waals surface area (Å²) in [5.74, 6) is -0.0538. The standard InChI is InChI=1S/C6H11NO3/c1-9-3-5-6(8)4(7)2-10-5/h4-5H,2-3,7H2,1H3. The Morgan fingerprint density at radius 1 is 1.90 bits per heavy atom. The normalized spacial score (nSPS) is 33.2. The molecule has 2 unspecified atom stereocenters. The zero-order valence-electron chi connectivity index (χ0n) is 5.87. The molecule has 1 fully saturated rings. The summed E-state index contributed by atoms with van der Waals surface area (Å²) in [5, 5.41) is 0. The van der Waals surface area contributed by atoms with Gasteiger partial charge >= 0.3 is 0 Å². The van der Waals surface area contributed by atoms with E-state index in [9.17, 15) is 4.79 Å². The monoisotopic (exact) mass is 145 g/mol. The molecule has 1 saturated heterocycles. The molecule has 1 heterocycles. The van der Waals surface area contributed by atoms with Crippen molar-refractivity contribution in [1.82, 2.24) is 0 Å². The second kappa shape index (κ2) is 3.09. The van der Waals surface area contributed by atoms with Gasteiger partial charge in [-0.15, -0.1) is 0 Å². The average molecular weight is 145 g/mol. The van der Waals surface area contributed by atoms with Crippen LogP contribution in [0.2, 0.25) is 0 Å². The summed E-state index contributed by atoms with van der Waals surface area (Å²) < 4.78 is 9.76. The lowest BCUT2D eigenvalue weighted by Crippen LogP contribution is -2.33. The number of hydrogen-bond donors (Lipinski definition) is 1. The van der Waals surface area contributed by atoms with Gasteiger partial charge in [0.1, 0.15) is 6.10 Å². The number of ether oxygens (including phenoxy) is 2. The van der Waals surface area contributed by atoms with Gasteiger partial charge < -0.3 is 15.2 Å². The Labute approximate surface area is 59.3 Å².